The molecule has 2 fully saturated rings. The molecule has 1 aromatic heterocycles. The molecule has 1 amide bonds. The Kier molecular flexibility index (Phi) is 4.82. The van der Waals surface area contributed by atoms with Crippen molar-refractivity contribution in [3.63, 3.8) is 0 Å². The third-order valence-electron chi connectivity index (χ3n) is 5.25. The standard InChI is InChI=1S/C20H23FN4O/c21-17-3-1-15(2-4-17)14-25(18-5-6-18)20(26)16-7-11-24(12-8-16)19-13-22-9-10-23-19/h1-4,9-10,13,16,18H,5-8,11-12,14H2. The molecule has 0 spiro atoms. The van der Waals surface area contributed by atoms with E-state index in [4.69, 9.17) is 0 Å². The summed E-state index contributed by atoms with van der Waals surface area (Å²) in [5.41, 5.74) is 0.989. The van der Waals surface area contributed by atoms with Crippen LogP contribution in [0, 0.1) is 11.7 Å². The number of benzene rings is 1. The highest BCUT2D eigenvalue weighted by Gasteiger charge is 2.37. The van der Waals surface area contributed by atoms with Gasteiger partial charge in [-0.25, -0.2) is 9.37 Å². The van der Waals surface area contributed by atoms with E-state index in [1.54, 1.807) is 30.7 Å². The molecule has 0 bridgehead atoms. The van der Waals surface area contributed by atoms with Crippen molar-refractivity contribution in [3.05, 3.63) is 54.2 Å². The Morgan fingerprint density at radius 3 is 2.46 bits per heavy atom. The number of halogens is 1. The van der Waals surface area contributed by atoms with Crippen LogP contribution in [0.25, 0.3) is 0 Å². The molecule has 0 atom stereocenters. The predicted octanol–water partition coefficient (Wildman–Crippen LogP) is 3.02. The zero-order valence-corrected chi connectivity index (χ0v) is 14.7. The smallest absolute Gasteiger partial charge is 0.226 e. The zero-order chi connectivity index (χ0) is 17.9. The number of aromatic nitrogens is 2. The zero-order valence-electron chi connectivity index (χ0n) is 14.7. The van der Waals surface area contributed by atoms with Crippen LogP contribution in [0.2, 0.25) is 0 Å². The van der Waals surface area contributed by atoms with Crippen molar-refractivity contribution in [1.82, 2.24) is 14.9 Å². The third-order valence-corrected chi connectivity index (χ3v) is 5.25. The van der Waals surface area contributed by atoms with Gasteiger partial charge in [0.2, 0.25) is 5.91 Å². The van der Waals surface area contributed by atoms with Crippen LogP contribution < -0.4 is 4.90 Å². The van der Waals surface area contributed by atoms with E-state index in [9.17, 15) is 9.18 Å². The van der Waals surface area contributed by atoms with Gasteiger partial charge in [0.05, 0.1) is 6.20 Å². The molecular formula is C20H23FN4O. The summed E-state index contributed by atoms with van der Waals surface area (Å²) < 4.78 is 13.1. The van der Waals surface area contributed by atoms with Crippen molar-refractivity contribution in [3.8, 4) is 0 Å². The van der Waals surface area contributed by atoms with Gasteiger partial charge in [0, 0.05) is 44.0 Å². The van der Waals surface area contributed by atoms with Crippen molar-refractivity contribution in [1.29, 1.82) is 0 Å². The Balaban J connectivity index is 1.38. The summed E-state index contributed by atoms with van der Waals surface area (Å²) in [5.74, 6) is 0.942. The molecule has 1 aromatic carbocycles. The molecule has 0 radical (unpaired) electrons. The lowest BCUT2D eigenvalue weighted by atomic mass is 9.95. The maximum Gasteiger partial charge on any atom is 0.226 e. The number of anilines is 1. The molecule has 0 N–H and O–H groups in total. The van der Waals surface area contributed by atoms with E-state index < -0.39 is 0 Å². The van der Waals surface area contributed by atoms with Gasteiger partial charge in [-0.05, 0) is 43.4 Å². The Morgan fingerprint density at radius 2 is 1.85 bits per heavy atom. The summed E-state index contributed by atoms with van der Waals surface area (Å²) in [6.07, 6.45) is 8.96. The van der Waals surface area contributed by atoms with Crippen LogP contribution in [0.1, 0.15) is 31.2 Å². The Hall–Kier alpha value is -2.50. The Morgan fingerprint density at radius 1 is 1.12 bits per heavy atom. The minimum absolute atomic E-state index is 0.0592. The van der Waals surface area contributed by atoms with Gasteiger partial charge >= 0.3 is 0 Å². The van der Waals surface area contributed by atoms with Gasteiger partial charge in [-0.3, -0.25) is 9.78 Å². The molecule has 1 aliphatic heterocycles. The first-order valence-corrected chi connectivity index (χ1v) is 9.26. The SMILES string of the molecule is O=C(C1CCN(c2cnccn2)CC1)N(Cc1ccc(F)cc1)C1CC1. The Labute approximate surface area is 152 Å². The number of nitrogens with zero attached hydrogens (tertiary/aromatic N) is 4. The number of rotatable bonds is 5. The highest BCUT2D eigenvalue weighted by atomic mass is 19.1. The van der Waals surface area contributed by atoms with E-state index in [1.165, 1.54) is 12.1 Å². The molecular weight excluding hydrogens is 331 g/mol. The first-order valence-electron chi connectivity index (χ1n) is 9.26. The van der Waals surface area contributed by atoms with Crippen LogP contribution in [0.4, 0.5) is 10.2 Å². The van der Waals surface area contributed by atoms with E-state index in [0.717, 1.165) is 50.2 Å². The molecule has 2 aliphatic rings. The first kappa shape index (κ1) is 16.9. The Bertz CT molecular complexity index is 740. The maximum atomic E-state index is 13.1. The van der Waals surface area contributed by atoms with Crippen molar-refractivity contribution in [2.24, 2.45) is 5.92 Å². The molecule has 136 valence electrons. The predicted molar refractivity (Wildman–Crippen MR) is 96.9 cm³/mol. The van der Waals surface area contributed by atoms with Gasteiger partial charge in [-0.2, -0.15) is 0 Å². The molecule has 2 aromatic rings. The lowest BCUT2D eigenvalue weighted by Gasteiger charge is -2.35. The average Bonchev–Trinajstić information content (AvgIpc) is 3.53. The van der Waals surface area contributed by atoms with E-state index in [0.29, 0.717) is 12.6 Å². The normalized spacial score (nSPS) is 18.0. The van der Waals surface area contributed by atoms with Gasteiger partial charge < -0.3 is 9.80 Å². The fraction of sp³-hybridized carbons (Fsp3) is 0.450. The summed E-state index contributed by atoms with van der Waals surface area (Å²) >= 11 is 0. The fourth-order valence-corrected chi connectivity index (χ4v) is 3.60. The van der Waals surface area contributed by atoms with Gasteiger partial charge in [0.25, 0.3) is 0 Å². The number of carbonyl (C=O) groups is 1. The number of amides is 1. The minimum Gasteiger partial charge on any atom is -0.355 e. The van der Waals surface area contributed by atoms with Crippen molar-refractivity contribution < 1.29 is 9.18 Å². The summed E-state index contributed by atoms with van der Waals surface area (Å²) in [6, 6.07) is 6.82. The molecule has 2 heterocycles. The number of piperidine rings is 1. The van der Waals surface area contributed by atoms with E-state index in [1.807, 2.05) is 4.90 Å². The van der Waals surface area contributed by atoms with E-state index in [-0.39, 0.29) is 17.6 Å². The summed E-state index contributed by atoms with van der Waals surface area (Å²) in [6.45, 7) is 2.22. The van der Waals surface area contributed by atoms with Crippen molar-refractivity contribution >= 4 is 11.7 Å². The first-order chi connectivity index (χ1) is 12.7. The van der Waals surface area contributed by atoms with Crippen LogP contribution in [-0.2, 0) is 11.3 Å². The topological polar surface area (TPSA) is 49.3 Å². The molecule has 0 unspecified atom stereocenters. The quantitative estimate of drug-likeness (QED) is 0.828. The van der Waals surface area contributed by atoms with Crippen LogP contribution in [0.5, 0.6) is 0 Å². The molecule has 6 heteroatoms. The molecule has 4 rings (SSSR count). The van der Waals surface area contributed by atoms with Gasteiger partial charge in [-0.1, -0.05) is 12.1 Å². The van der Waals surface area contributed by atoms with Crippen molar-refractivity contribution in [2.45, 2.75) is 38.3 Å². The lowest BCUT2D eigenvalue weighted by Crippen LogP contribution is -2.43. The van der Waals surface area contributed by atoms with E-state index in [2.05, 4.69) is 14.9 Å². The van der Waals surface area contributed by atoms with Crippen LogP contribution in [-0.4, -0.2) is 39.9 Å². The largest absolute Gasteiger partial charge is 0.355 e. The molecule has 26 heavy (non-hydrogen) atoms. The third kappa shape index (κ3) is 3.84. The summed E-state index contributed by atoms with van der Waals surface area (Å²) in [4.78, 5) is 25.8. The van der Waals surface area contributed by atoms with Gasteiger partial charge in [0.15, 0.2) is 0 Å². The molecule has 5 nitrogen and oxygen atoms in total. The molecule has 1 saturated carbocycles. The van der Waals surface area contributed by atoms with Crippen LogP contribution in [0.3, 0.4) is 0 Å². The van der Waals surface area contributed by atoms with Gasteiger partial charge in [0.1, 0.15) is 11.6 Å². The van der Waals surface area contributed by atoms with Crippen molar-refractivity contribution in [2.75, 3.05) is 18.0 Å². The molecule has 1 saturated heterocycles. The maximum absolute atomic E-state index is 13.1. The highest BCUT2D eigenvalue weighted by molar-refractivity contribution is 5.80. The highest BCUT2D eigenvalue weighted by Crippen LogP contribution is 2.32. The number of hydrogen-bond acceptors (Lipinski definition) is 4. The van der Waals surface area contributed by atoms with Crippen LogP contribution >= 0.6 is 0 Å². The molecule has 1 aliphatic carbocycles. The second-order valence-electron chi connectivity index (χ2n) is 7.15. The minimum atomic E-state index is -0.241. The monoisotopic (exact) mass is 354 g/mol. The second-order valence-corrected chi connectivity index (χ2v) is 7.15. The number of carbonyl (C=O) groups excluding carboxylic acids is 1. The lowest BCUT2D eigenvalue weighted by molar-refractivity contribution is -0.137. The summed E-state index contributed by atoms with van der Waals surface area (Å²) in [5, 5.41) is 0. The fourth-order valence-electron chi connectivity index (χ4n) is 3.60. The van der Waals surface area contributed by atoms with Crippen LogP contribution in [0.15, 0.2) is 42.9 Å². The number of hydrogen-bond donors (Lipinski definition) is 0. The second kappa shape index (κ2) is 7.40. The average molecular weight is 354 g/mol. The summed E-state index contributed by atoms with van der Waals surface area (Å²) in [7, 11) is 0. The van der Waals surface area contributed by atoms with E-state index >= 15 is 0 Å². The van der Waals surface area contributed by atoms with Gasteiger partial charge in [-0.15, -0.1) is 0 Å².